The molecule has 1 atom stereocenters. The molecule has 1 heterocycles. The smallest absolute Gasteiger partial charge is 0.225 e. The van der Waals surface area contributed by atoms with E-state index in [1.165, 1.54) is 5.56 Å². The van der Waals surface area contributed by atoms with Gasteiger partial charge in [-0.05, 0) is 24.8 Å². The number of carbonyl (C=O) groups is 1. The molecule has 19 heavy (non-hydrogen) atoms. The number of hydroxylamine groups is 1. The second-order valence-electron chi connectivity index (χ2n) is 5.04. The topological polar surface area (TPSA) is 87.7 Å². The van der Waals surface area contributed by atoms with E-state index in [0.717, 1.165) is 12.8 Å². The highest BCUT2D eigenvalue weighted by molar-refractivity contribution is 5.92. The summed E-state index contributed by atoms with van der Waals surface area (Å²) in [6.07, 6.45) is 2.87. The monoisotopic (exact) mass is 261 g/mol. The predicted molar refractivity (Wildman–Crippen MR) is 72.8 cm³/mol. The zero-order chi connectivity index (χ0) is 13.7. The van der Waals surface area contributed by atoms with Gasteiger partial charge >= 0.3 is 0 Å². The van der Waals surface area contributed by atoms with Gasteiger partial charge in [-0.3, -0.25) is 20.5 Å². The molecule has 0 radical (unpaired) electrons. The third-order valence-corrected chi connectivity index (χ3v) is 3.69. The molecular weight excluding hydrogens is 242 g/mol. The van der Waals surface area contributed by atoms with E-state index in [1.807, 2.05) is 23.7 Å². The molecule has 2 rings (SSSR count). The quantitative estimate of drug-likeness (QED) is 0.697. The fraction of sp³-hybridized carbons (Fsp3) is 0.429. The van der Waals surface area contributed by atoms with E-state index < -0.39 is 5.41 Å². The minimum atomic E-state index is -0.639. The van der Waals surface area contributed by atoms with E-state index >= 15 is 0 Å². The van der Waals surface area contributed by atoms with Crippen LogP contribution in [0.2, 0.25) is 0 Å². The van der Waals surface area contributed by atoms with E-state index in [0.29, 0.717) is 25.2 Å². The lowest BCUT2D eigenvalue weighted by atomic mass is 9.80. The fourth-order valence-electron chi connectivity index (χ4n) is 2.49. The van der Waals surface area contributed by atoms with Crippen LogP contribution in [0.4, 0.5) is 0 Å². The third-order valence-electron chi connectivity index (χ3n) is 3.69. The molecule has 1 aromatic carbocycles. The first-order valence-electron chi connectivity index (χ1n) is 6.43. The first-order valence-corrected chi connectivity index (χ1v) is 6.43. The predicted octanol–water partition coefficient (Wildman–Crippen LogP) is 1.26. The van der Waals surface area contributed by atoms with Gasteiger partial charge in [0.1, 0.15) is 5.84 Å². The molecule has 1 unspecified atom stereocenters. The summed E-state index contributed by atoms with van der Waals surface area (Å²) < 4.78 is 0. The maximum atomic E-state index is 11.7. The average Bonchev–Trinajstić information content (AvgIpc) is 2.85. The Balaban J connectivity index is 1.91. The van der Waals surface area contributed by atoms with Gasteiger partial charge in [-0.1, -0.05) is 30.3 Å². The largest absolute Gasteiger partial charge is 0.369 e. The van der Waals surface area contributed by atoms with Crippen LogP contribution >= 0.6 is 0 Å². The van der Waals surface area contributed by atoms with Crippen molar-refractivity contribution in [3.05, 3.63) is 35.9 Å². The molecule has 4 N–H and O–H groups in total. The number of benzene rings is 1. The van der Waals surface area contributed by atoms with Crippen LogP contribution in [0.25, 0.3) is 0 Å². The first-order chi connectivity index (χ1) is 9.16. The second kappa shape index (κ2) is 5.84. The van der Waals surface area contributed by atoms with Crippen molar-refractivity contribution in [2.24, 2.45) is 16.1 Å². The van der Waals surface area contributed by atoms with E-state index in [1.54, 1.807) is 0 Å². The van der Waals surface area contributed by atoms with E-state index in [-0.39, 0.29) is 5.91 Å². The van der Waals surface area contributed by atoms with Gasteiger partial charge in [0.25, 0.3) is 0 Å². The molecule has 0 aromatic heterocycles. The fourth-order valence-corrected chi connectivity index (χ4v) is 2.49. The molecule has 1 amide bonds. The number of nitrogens with zero attached hydrogens (tertiary/aromatic N) is 1. The van der Waals surface area contributed by atoms with Crippen LogP contribution in [0.15, 0.2) is 35.3 Å². The van der Waals surface area contributed by atoms with E-state index in [9.17, 15) is 4.79 Å². The van der Waals surface area contributed by atoms with Gasteiger partial charge in [-0.2, -0.15) is 0 Å². The van der Waals surface area contributed by atoms with Crippen molar-refractivity contribution in [3.8, 4) is 0 Å². The number of nitrogens with one attached hydrogen (secondary N) is 1. The zero-order valence-electron chi connectivity index (χ0n) is 10.8. The molecule has 0 saturated heterocycles. The maximum Gasteiger partial charge on any atom is 0.225 e. The average molecular weight is 261 g/mol. The van der Waals surface area contributed by atoms with Crippen LogP contribution in [-0.4, -0.2) is 23.5 Å². The number of aryl methyl sites for hydroxylation is 1. The molecule has 0 saturated carbocycles. The molecule has 0 bridgehead atoms. The summed E-state index contributed by atoms with van der Waals surface area (Å²) in [4.78, 5) is 15.8. The van der Waals surface area contributed by atoms with E-state index in [4.69, 9.17) is 10.9 Å². The van der Waals surface area contributed by atoms with Gasteiger partial charge in [-0.15, -0.1) is 0 Å². The Labute approximate surface area is 112 Å². The standard InChI is InChI=1S/C14H19N3O2/c15-13(18)14(9-12(17-19)16-10-14)8-4-7-11-5-2-1-3-6-11/h1-3,5-6,19H,4,7-10H2,(H2,15,18)(H,16,17). The molecular formula is C14H19N3O2. The Morgan fingerprint density at radius 3 is 2.74 bits per heavy atom. The van der Waals surface area contributed by atoms with Gasteiger partial charge < -0.3 is 5.73 Å². The Morgan fingerprint density at radius 1 is 1.42 bits per heavy atom. The van der Waals surface area contributed by atoms with Gasteiger partial charge in [-0.25, -0.2) is 0 Å². The maximum absolute atomic E-state index is 11.7. The van der Waals surface area contributed by atoms with Gasteiger partial charge in [0, 0.05) is 6.42 Å². The summed E-state index contributed by atoms with van der Waals surface area (Å²) in [5.41, 5.74) is 8.14. The normalized spacial score (nSPS) is 22.1. The summed E-state index contributed by atoms with van der Waals surface area (Å²) in [6, 6.07) is 10.1. The Morgan fingerprint density at radius 2 is 2.16 bits per heavy atom. The van der Waals surface area contributed by atoms with Crippen LogP contribution in [0.5, 0.6) is 0 Å². The highest BCUT2D eigenvalue weighted by atomic mass is 16.5. The number of carbonyl (C=O) groups excluding carboxylic acids is 1. The second-order valence-corrected chi connectivity index (χ2v) is 5.04. The Bertz CT molecular complexity index is 473. The van der Waals surface area contributed by atoms with Crippen molar-refractivity contribution in [1.29, 1.82) is 0 Å². The van der Waals surface area contributed by atoms with Crippen LogP contribution in [-0.2, 0) is 11.2 Å². The molecule has 0 fully saturated rings. The van der Waals surface area contributed by atoms with Crippen molar-refractivity contribution in [2.75, 3.05) is 6.54 Å². The molecule has 5 heteroatoms. The summed E-state index contributed by atoms with van der Waals surface area (Å²) in [7, 11) is 0. The number of hydrogen-bond donors (Lipinski definition) is 3. The van der Waals surface area contributed by atoms with E-state index in [2.05, 4.69) is 17.1 Å². The van der Waals surface area contributed by atoms with Gasteiger partial charge in [0.2, 0.25) is 5.91 Å². The molecule has 0 spiro atoms. The van der Waals surface area contributed by atoms with Crippen molar-refractivity contribution in [3.63, 3.8) is 0 Å². The van der Waals surface area contributed by atoms with Crippen LogP contribution < -0.4 is 11.2 Å². The van der Waals surface area contributed by atoms with Crippen molar-refractivity contribution in [2.45, 2.75) is 25.7 Å². The number of amidine groups is 1. The minimum Gasteiger partial charge on any atom is -0.369 e. The lowest BCUT2D eigenvalue weighted by molar-refractivity contribution is -0.127. The molecule has 102 valence electrons. The van der Waals surface area contributed by atoms with Crippen molar-refractivity contribution < 1.29 is 10.0 Å². The van der Waals surface area contributed by atoms with Crippen molar-refractivity contribution >= 4 is 11.7 Å². The molecule has 5 nitrogen and oxygen atoms in total. The van der Waals surface area contributed by atoms with Crippen LogP contribution in [0, 0.1) is 5.41 Å². The van der Waals surface area contributed by atoms with Crippen LogP contribution in [0.1, 0.15) is 24.8 Å². The van der Waals surface area contributed by atoms with Crippen molar-refractivity contribution in [1.82, 2.24) is 5.48 Å². The number of hydrogen-bond acceptors (Lipinski definition) is 4. The van der Waals surface area contributed by atoms with Gasteiger partial charge in [0.05, 0.1) is 12.0 Å². The Kier molecular flexibility index (Phi) is 4.16. The lowest BCUT2D eigenvalue weighted by Crippen LogP contribution is -2.39. The number of amides is 1. The number of aliphatic imine (C=N–C) groups is 1. The number of nitrogens with two attached hydrogens (primary N) is 1. The molecule has 1 aliphatic rings. The summed E-state index contributed by atoms with van der Waals surface area (Å²) >= 11 is 0. The van der Waals surface area contributed by atoms with Gasteiger partial charge in [0.15, 0.2) is 0 Å². The summed E-state index contributed by atoms with van der Waals surface area (Å²) in [5.74, 6) is 0.105. The zero-order valence-corrected chi connectivity index (χ0v) is 10.8. The highest BCUT2D eigenvalue weighted by Gasteiger charge is 2.41. The summed E-state index contributed by atoms with van der Waals surface area (Å²) in [5, 5.41) is 8.85. The number of primary amides is 1. The van der Waals surface area contributed by atoms with Crippen LogP contribution in [0.3, 0.4) is 0 Å². The minimum absolute atomic E-state index is 0.338. The molecule has 0 aliphatic carbocycles. The first kappa shape index (κ1) is 13.5. The highest BCUT2D eigenvalue weighted by Crippen LogP contribution is 2.33. The lowest BCUT2D eigenvalue weighted by Gasteiger charge is -2.24. The SMILES string of the molecule is NC(=O)C1(CCCc2ccccc2)CN=C(NO)C1. The summed E-state index contributed by atoms with van der Waals surface area (Å²) in [6.45, 7) is 0.361. The Hall–Kier alpha value is -1.88. The third kappa shape index (κ3) is 3.12. The number of rotatable bonds is 5. The molecule has 1 aromatic rings. The molecule has 1 aliphatic heterocycles.